The van der Waals surface area contributed by atoms with E-state index < -0.39 is 12.1 Å². The topological polar surface area (TPSA) is 74.6 Å². The second-order valence-electron chi connectivity index (χ2n) is 10.3. The molecular weight excluding hydrogens is 340 g/mol. The van der Waals surface area contributed by atoms with Crippen molar-refractivity contribution in [1.82, 2.24) is 0 Å². The first-order valence-corrected chi connectivity index (χ1v) is 10.8. The van der Waals surface area contributed by atoms with E-state index >= 15 is 0 Å². The number of carboxylic acids is 1. The molecule has 2 N–H and O–H groups in total. The van der Waals surface area contributed by atoms with Crippen LogP contribution in [0.1, 0.15) is 72.1 Å². The number of Topliss-reactive ketones (excluding diaryl/α,β-unsaturated/α-hetero) is 1. The van der Waals surface area contributed by atoms with E-state index in [1.165, 1.54) is 5.57 Å². The summed E-state index contributed by atoms with van der Waals surface area (Å²) in [6.45, 7) is 6.39. The molecule has 4 heteroatoms. The van der Waals surface area contributed by atoms with Crippen molar-refractivity contribution in [3.63, 3.8) is 0 Å². The molecule has 0 amide bonds. The fraction of sp³-hybridized carbons (Fsp3) is 0.826. The second kappa shape index (κ2) is 6.43. The van der Waals surface area contributed by atoms with Gasteiger partial charge in [-0.15, -0.1) is 0 Å². The van der Waals surface area contributed by atoms with Crippen LogP contribution < -0.4 is 0 Å². The number of fused-ring (bicyclic) bond motifs is 5. The number of ketones is 1. The molecule has 0 aromatic carbocycles. The van der Waals surface area contributed by atoms with Crippen LogP contribution in [-0.2, 0) is 9.59 Å². The number of aliphatic hydroxyl groups is 1. The lowest BCUT2D eigenvalue weighted by Gasteiger charge is -2.60. The van der Waals surface area contributed by atoms with E-state index in [0.717, 1.165) is 32.1 Å². The summed E-state index contributed by atoms with van der Waals surface area (Å²) >= 11 is 0. The Hall–Kier alpha value is -1.16. The highest BCUT2D eigenvalue weighted by Crippen LogP contribution is 2.67. The Labute approximate surface area is 162 Å². The Morgan fingerprint density at radius 3 is 2.59 bits per heavy atom. The lowest BCUT2D eigenvalue weighted by Crippen LogP contribution is -2.54. The number of hydrogen-bond acceptors (Lipinski definition) is 3. The lowest BCUT2D eigenvalue weighted by atomic mass is 9.44. The molecule has 8 atom stereocenters. The molecule has 0 saturated heterocycles. The molecule has 0 aliphatic heterocycles. The fourth-order valence-corrected chi connectivity index (χ4v) is 8.05. The average Bonchev–Trinajstić information content (AvgIpc) is 2.93. The van der Waals surface area contributed by atoms with Gasteiger partial charge in [-0.05, 0) is 86.4 Å². The fourth-order valence-electron chi connectivity index (χ4n) is 8.05. The van der Waals surface area contributed by atoms with Gasteiger partial charge >= 0.3 is 5.97 Å². The van der Waals surface area contributed by atoms with Crippen LogP contribution >= 0.6 is 0 Å². The summed E-state index contributed by atoms with van der Waals surface area (Å²) in [5.74, 6) is 1.40. The zero-order valence-electron chi connectivity index (χ0n) is 16.9. The summed E-state index contributed by atoms with van der Waals surface area (Å²) in [5, 5.41) is 19.9. The van der Waals surface area contributed by atoms with Gasteiger partial charge in [0, 0.05) is 12.3 Å². The van der Waals surface area contributed by atoms with Gasteiger partial charge in [0.25, 0.3) is 0 Å². The van der Waals surface area contributed by atoms with E-state index in [2.05, 4.69) is 19.9 Å². The van der Waals surface area contributed by atoms with Gasteiger partial charge in [-0.2, -0.15) is 0 Å². The molecule has 4 rings (SSSR count). The number of aliphatic hydroxyl groups excluding tert-OH is 1. The number of carboxylic acid groups (broad SMARTS) is 1. The Balaban J connectivity index is 1.70. The first kappa shape index (κ1) is 19.2. The standard InChI is InChI=1S/C23H34O4/c1-13(24)18-6-7-19-17-5-4-14-10-16(25)11-15(12-21(26)27)23(14,3)20(17)8-9-22(18,19)2/h4,15-20,25H,5-12H2,1-3H3,(H,26,27). The predicted molar refractivity (Wildman–Crippen MR) is 103 cm³/mol. The van der Waals surface area contributed by atoms with Crippen LogP contribution in [0.3, 0.4) is 0 Å². The first-order chi connectivity index (χ1) is 12.7. The van der Waals surface area contributed by atoms with Gasteiger partial charge in [0.15, 0.2) is 0 Å². The van der Waals surface area contributed by atoms with Crippen molar-refractivity contribution in [2.45, 2.75) is 78.2 Å². The largest absolute Gasteiger partial charge is 0.481 e. The van der Waals surface area contributed by atoms with Gasteiger partial charge in [0.05, 0.1) is 6.10 Å². The number of rotatable bonds is 3. The first-order valence-electron chi connectivity index (χ1n) is 10.8. The van der Waals surface area contributed by atoms with Crippen molar-refractivity contribution in [3.05, 3.63) is 11.6 Å². The van der Waals surface area contributed by atoms with Crippen molar-refractivity contribution < 1.29 is 19.8 Å². The molecule has 0 bridgehead atoms. The number of allylic oxidation sites excluding steroid dienone is 1. The van der Waals surface area contributed by atoms with E-state index in [9.17, 15) is 19.8 Å². The second-order valence-corrected chi connectivity index (χ2v) is 10.3. The van der Waals surface area contributed by atoms with E-state index in [4.69, 9.17) is 0 Å². The van der Waals surface area contributed by atoms with Gasteiger partial charge < -0.3 is 10.2 Å². The highest BCUT2D eigenvalue weighted by Gasteiger charge is 2.61. The van der Waals surface area contributed by atoms with Crippen molar-refractivity contribution in [2.75, 3.05) is 0 Å². The van der Waals surface area contributed by atoms with Gasteiger partial charge in [0.2, 0.25) is 0 Å². The molecule has 0 radical (unpaired) electrons. The third kappa shape index (κ3) is 2.73. The normalized spacial score (nSPS) is 48.8. The molecule has 4 aliphatic carbocycles. The van der Waals surface area contributed by atoms with E-state index in [1.807, 2.05) is 0 Å². The molecule has 3 fully saturated rings. The third-order valence-corrected chi connectivity index (χ3v) is 9.31. The zero-order chi connectivity index (χ0) is 19.6. The number of carbonyl (C=O) groups is 2. The van der Waals surface area contributed by atoms with Gasteiger partial charge in [-0.1, -0.05) is 25.5 Å². The summed E-state index contributed by atoms with van der Waals surface area (Å²) in [6, 6.07) is 0. The van der Waals surface area contributed by atoms with Crippen LogP contribution in [0, 0.1) is 40.4 Å². The maximum absolute atomic E-state index is 12.3. The summed E-state index contributed by atoms with van der Waals surface area (Å²) < 4.78 is 0. The zero-order valence-corrected chi connectivity index (χ0v) is 16.9. The van der Waals surface area contributed by atoms with E-state index in [-0.39, 0.29) is 29.1 Å². The molecule has 3 saturated carbocycles. The molecule has 0 heterocycles. The third-order valence-electron chi connectivity index (χ3n) is 9.31. The van der Waals surface area contributed by atoms with Gasteiger partial charge in [0.1, 0.15) is 5.78 Å². The summed E-state index contributed by atoms with van der Waals surface area (Å²) in [5.41, 5.74) is 1.31. The van der Waals surface area contributed by atoms with Gasteiger partial charge in [-0.3, -0.25) is 9.59 Å². The average molecular weight is 375 g/mol. The SMILES string of the molecule is CC(=O)C1CCC2C3CC=C4CC(O)CC(CC(=O)O)C4(C)C3CCC12C. The van der Waals surface area contributed by atoms with Crippen LogP contribution in [0.2, 0.25) is 0 Å². The highest BCUT2D eigenvalue weighted by atomic mass is 16.4. The molecular formula is C23H34O4. The quantitative estimate of drug-likeness (QED) is 0.726. The summed E-state index contributed by atoms with van der Waals surface area (Å²) in [4.78, 5) is 23.8. The molecule has 4 nitrogen and oxygen atoms in total. The smallest absolute Gasteiger partial charge is 0.303 e. The van der Waals surface area contributed by atoms with E-state index in [1.54, 1.807) is 6.92 Å². The monoisotopic (exact) mass is 374 g/mol. The van der Waals surface area contributed by atoms with Gasteiger partial charge in [-0.25, -0.2) is 0 Å². The van der Waals surface area contributed by atoms with Crippen molar-refractivity contribution >= 4 is 11.8 Å². The molecule has 150 valence electrons. The molecule has 0 aromatic rings. The Morgan fingerprint density at radius 1 is 1.19 bits per heavy atom. The Kier molecular flexibility index (Phi) is 4.57. The van der Waals surface area contributed by atoms with Crippen LogP contribution in [0.15, 0.2) is 11.6 Å². The van der Waals surface area contributed by atoms with Crippen molar-refractivity contribution in [1.29, 1.82) is 0 Å². The van der Waals surface area contributed by atoms with Crippen molar-refractivity contribution in [3.8, 4) is 0 Å². The minimum atomic E-state index is -0.755. The van der Waals surface area contributed by atoms with Crippen LogP contribution in [-0.4, -0.2) is 28.1 Å². The minimum absolute atomic E-state index is 0.00663. The number of hydrogen-bond donors (Lipinski definition) is 2. The predicted octanol–water partition coefficient (Wildman–Crippen LogP) is 4.22. The maximum Gasteiger partial charge on any atom is 0.303 e. The molecule has 27 heavy (non-hydrogen) atoms. The van der Waals surface area contributed by atoms with Crippen LogP contribution in [0.4, 0.5) is 0 Å². The number of aliphatic carboxylic acids is 1. The summed E-state index contributed by atoms with van der Waals surface area (Å²) in [6.07, 6.45) is 8.72. The molecule has 0 aromatic heterocycles. The van der Waals surface area contributed by atoms with E-state index in [0.29, 0.717) is 36.4 Å². The molecule has 4 aliphatic rings. The highest BCUT2D eigenvalue weighted by molar-refractivity contribution is 5.79. The van der Waals surface area contributed by atoms with Crippen LogP contribution in [0.5, 0.6) is 0 Å². The number of carbonyl (C=O) groups excluding carboxylic acids is 1. The Morgan fingerprint density at radius 2 is 1.93 bits per heavy atom. The maximum atomic E-state index is 12.3. The molecule has 8 unspecified atom stereocenters. The summed E-state index contributed by atoms with van der Waals surface area (Å²) in [7, 11) is 0. The van der Waals surface area contributed by atoms with Crippen LogP contribution in [0.25, 0.3) is 0 Å². The Bertz CT molecular complexity index is 682. The molecule has 0 spiro atoms. The van der Waals surface area contributed by atoms with Crippen molar-refractivity contribution in [2.24, 2.45) is 40.4 Å². The lowest BCUT2D eigenvalue weighted by molar-refractivity contribution is -0.143. The minimum Gasteiger partial charge on any atom is -0.481 e.